The highest BCUT2D eigenvalue weighted by atomic mass is 79.9. The summed E-state index contributed by atoms with van der Waals surface area (Å²) in [5.41, 5.74) is 1.04. The van der Waals surface area contributed by atoms with Crippen molar-refractivity contribution in [3.8, 4) is 22.6 Å². The van der Waals surface area contributed by atoms with E-state index in [0.29, 0.717) is 35.3 Å². The highest BCUT2D eigenvalue weighted by Gasteiger charge is 2.32. The Bertz CT molecular complexity index is 922. The topological polar surface area (TPSA) is 27.7 Å². The summed E-state index contributed by atoms with van der Waals surface area (Å²) in [6, 6.07) is 5.12. The van der Waals surface area contributed by atoms with Gasteiger partial charge < -0.3 is 14.2 Å². The molecule has 0 aromatic heterocycles. The summed E-state index contributed by atoms with van der Waals surface area (Å²) in [7, 11) is 1.39. The lowest BCUT2D eigenvalue weighted by molar-refractivity contribution is -0.137. The third-order valence-corrected chi connectivity index (χ3v) is 5.89. The van der Waals surface area contributed by atoms with Gasteiger partial charge in [-0.05, 0) is 53.6 Å². The molecule has 8 heteroatoms. The van der Waals surface area contributed by atoms with E-state index in [1.54, 1.807) is 6.07 Å². The number of rotatable bonds is 6. The first kappa shape index (κ1) is 23.9. The molecule has 1 unspecified atom stereocenters. The summed E-state index contributed by atoms with van der Waals surface area (Å²) in [4.78, 5) is 0. The number of halogens is 5. The molecular weight excluding hydrogens is 480 g/mol. The lowest BCUT2D eigenvalue weighted by Gasteiger charge is -2.27. The summed E-state index contributed by atoms with van der Waals surface area (Å²) >= 11 is 3.28. The minimum atomic E-state index is -4.46. The second kappa shape index (κ2) is 9.77. The monoisotopic (exact) mass is 504 g/mol. The van der Waals surface area contributed by atoms with Crippen LogP contribution in [-0.2, 0) is 16.2 Å². The van der Waals surface area contributed by atoms with E-state index in [2.05, 4.69) is 15.9 Å². The van der Waals surface area contributed by atoms with Gasteiger partial charge in [0, 0.05) is 17.3 Å². The molecule has 0 radical (unpaired) electrons. The molecule has 1 saturated heterocycles. The third kappa shape index (κ3) is 5.17. The van der Waals surface area contributed by atoms with Gasteiger partial charge in [-0.15, -0.1) is 0 Å². The minimum Gasteiger partial charge on any atom is -0.492 e. The Balaban J connectivity index is 2.19. The first-order valence-electron chi connectivity index (χ1n) is 10.1. The first-order chi connectivity index (χ1) is 14.7. The van der Waals surface area contributed by atoms with Crippen LogP contribution in [0.4, 0.5) is 17.6 Å². The highest BCUT2D eigenvalue weighted by molar-refractivity contribution is 9.08. The SMILES string of the molecule is COc1c(-c2ccc(C(F)(F)F)cc2CBr)cc(C(C)C)c(F)c1OC1CCCCO1. The summed E-state index contributed by atoms with van der Waals surface area (Å²) < 4.78 is 72.1. The standard InChI is InChI=1S/C23H25BrF4O3/c1-13(2)17-11-18(16-8-7-15(23(26,27)28)10-14(16)12-24)21(29-3)22(20(17)25)31-19-6-4-5-9-30-19/h7-8,10-11,13,19H,4-6,9,12H2,1-3H3. The van der Waals surface area contributed by atoms with Crippen LogP contribution in [0.5, 0.6) is 11.5 Å². The molecule has 0 N–H and O–H groups in total. The maximum Gasteiger partial charge on any atom is 0.416 e. The number of ether oxygens (including phenoxy) is 3. The Labute approximate surface area is 187 Å². The molecule has 0 spiro atoms. The molecule has 0 aliphatic carbocycles. The molecule has 1 fully saturated rings. The first-order valence-corrected chi connectivity index (χ1v) is 11.2. The quantitative estimate of drug-likeness (QED) is 0.302. The smallest absolute Gasteiger partial charge is 0.416 e. The van der Waals surface area contributed by atoms with Crippen LogP contribution in [0.2, 0.25) is 0 Å². The number of benzene rings is 2. The fourth-order valence-corrected chi connectivity index (χ4v) is 4.11. The Morgan fingerprint density at radius 3 is 2.42 bits per heavy atom. The van der Waals surface area contributed by atoms with E-state index >= 15 is 4.39 Å². The summed E-state index contributed by atoms with van der Waals surface area (Å²) in [6.07, 6.45) is -2.63. The van der Waals surface area contributed by atoms with Crippen LogP contribution in [0.3, 0.4) is 0 Å². The van der Waals surface area contributed by atoms with Crippen molar-refractivity contribution in [3.05, 3.63) is 46.8 Å². The van der Waals surface area contributed by atoms with Crippen molar-refractivity contribution in [1.29, 1.82) is 0 Å². The van der Waals surface area contributed by atoms with Gasteiger partial charge in [0.2, 0.25) is 5.75 Å². The lowest BCUT2D eigenvalue weighted by Crippen LogP contribution is -2.26. The van der Waals surface area contributed by atoms with Gasteiger partial charge in [0.15, 0.2) is 17.9 Å². The number of alkyl halides is 4. The van der Waals surface area contributed by atoms with Gasteiger partial charge in [0.1, 0.15) is 0 Å². The zero-order valence-corrected chi connectivity index (χ0v) is 19.2. The largest absolute Gasteiger partial charge is 0.492 e. The van der Waals surface area contributed by atoms with Gasteiger partial charge in [-0.1, -0.05) is 35.8 Å². The summed E-state index contributed by atoms with van der Waals surface area (Å²) in [5.74, 6) is -0.660. The average Bonchev–Trinajstić information content (AvgIpc) is 2.74. The van der Waals surface area contributed by atoms with Crippen molar-refractivity contribution in [1.82, 2.24) is 0 Å². The van der Waals surface area contributed by atoms with E-state index in [4.69, 9.17) is 14.2 Å². The zero-order chi connectivity index (χ0) is 22.8. The molecule has 1 heterocycles. The molecule has 0 saturated carbocycles. The Morgan fingerprint density at radius 1 is 1.13 bits per heavy atom. The van der Waals surface area contributed by atoms with E-state index in [0.717, 1.165) is 25.0 Å². The Kier molecular flexibility index (Phi) is 7.52. The van der Waals surface area contributed by atoms with E-state index in [-0.39, 0.29) is 22.7 Å². The molecule has 1 atom stereocenters. The number of methoxy groups -OCH3 is 1. The van der Waals surface area contributed by atoms with Crippen molar-refractivity contribution in [2.75, 3.05) is 13.7 Å². The molecule has 2 aromatic rings. The molecule has 3 rings (SSSR count). The number of hydrogen-bond acceptors (Lipinski definition) is 3. The molecule has 0 bridgehead atoms. The second-order valence-corrected chi connectivity index (χ2v) is 8.32. The minimum absolute atomic E-state index is 0.0731. The molecule has 1 aliphatic heterocycles. The molecule has 2 aromatic carbocycles. The maximum atomic E-state index is 15.4. The van der Waals surface area contributed by atoms with Gasteiger partial charge in [0.05, 0.1) is 19.3 Å². The molecule has 0 amide bonds. The zero-order valence-electron chi connectivity index (χ0n) is 17.6. The van der Waals surface area contributed by atoms with Crippen LogP contribution in [0.1, 0.15) is 55.7 Å². The van der Waals surface area contributed by atoms with Crippen LogP contribution in [-0.4, -0.2) is 20.0 Å². The van der Waals surface area contributed by atoms with Crippen LogP contribution < -0.4 is 9.47 Å². The lowest BCUT2D eigenvalue weighted by atomic mass is 9.92. The third-order valence-electron chi connectivity index (χ3n) is 5.28. The second-order valence-electron chi connectivity index (χ2n) is 7.76. The predicted molar refractivity (Wildman–Crippen MR) is 114 cm³/mol. The number of hydrogen-bond donors (Lipinski definition) is 0. The van der Waals surface area contributed by atoms with Gasteiger partial charge >= 0.3 is 6.18 Å². The van der Waals surface area contributed by atoms with Crippen molar-refractivity contribution in [3.63, 3.8) is 0 Å². The molecule has 1 aliphatic rings. The summed E-state index contributed by atoms with van der Waals surface area (Å²) in [6.45, 7) is 4.21. The van der Waals surface area contributed by atoms with Crippen molar-refractivity contribution in [2.45, 2.75) is 56.8 Å². The molecule has 170 valence electrons. The molecular formula is C23H25BrF4O3. The van der Waals surface area contributed by atoms with Gasteiger partial charge in [-0.3, -0.25) is 0 Å². The van der Waals surface area contributed by atoms with Crippen molar-refractivity contribution < 1.29 is 31.8 Å². The van der Waals surface area contributed by atoms with E-state index in [9.17, 15) is 13.2 Å². The van der Waals surface area contributed by atoms with Crippen molar-refractivity contribution in [2.24, 2.45) is 0 Å². The Hall–Kier alpha value is -1.80. The average molecular weight is 505 g/mol. The Morgan fingerprint density at radius 2 is 1.87 bits per heavy atom. The fourth-order valence-electron chi connectivity index (χ4n) is 3.64. The van der Waals surface area contributed by atoms with Gasteiger partial charge in [0.25, 0.3) is 0 Å². The van der Waals surface area contributed by atoms with Gasteiger partial charge in [-0.25, -0.2) is 4.39 Å². The van der Waals surface area contributed by atoms with Crippen LogP contribution in [0, 0.1) is 5.82 Å². The maximum absolute atomic E-state index is 15.4. The van der Waals surface area contributed by atoms with E-state index < -0.39 is 23.8 Å². The van der Waals surface area contributed by atoms with Crippen LogP contribution >= 0.6 is 15.9 Å². The fraction of sp³-hybridized carbons (Fsp3) is 0.478. The van der Waals surface area contributed by atoms with E-state index in [1.807, 2.05) is 13.8 Å². The predicted octanol–water partition coefficient (Wildman–Crippen LogP) is 7.44. The van der Waals surface area contributed by atoms with E-state index in [1.165, 1.54) is 13.2 Å². The molecule has 31 heavy (non-hydrogen) atoms. The summed E-state index contributed by atoms with van der Waals surface area (Å²) in [5, 5.41) is 0.186. The molecule has 3 nitrogen and oxygen atoms in total. The van der Waals surface area contributed by atoms with Crippen LogP contribution in [0.25, 0.3) is 11.1 Å². The van der Waals surface area contributed by atoms with Crippen LogP contribution in [0.15, 0.2) is 24.3 Å². The van der Waals surface area contributed by atoms with Gasteiger partial charge in [-0.2, -0.15) is 13.2 Å². The highest BCUT2D eigenvalue weighted by Crippen LogP contribution is 2.46. The van der Waals surface area contributed by atoms with Crippen molar-refractivity contribution >= 4 is 15.9 Å². The normalized spacial score (nSPS) is 17.1.